The van der Waals surface area contributed by atoms with Crippen molar-refractivity contribution >= 4 is 11.6 Å². The van der Waals surface area contributed by atoms with E-state index in [0.29, 0.717) is 24.9 Å². The van der Waals surface area contributed by atoms with Crippen LogP contribution >= 0.6 is 0 Å². The van der Waals surface area contributed by atoms with Gasteiger partial charge >= 0.3 is 0 Å². The van der Waals surface area contributed by atoms with Crippen LogP contribution in [0.15, 0.2) is 48.5 Å². The first-order valence-electron chi connectivity index (χ1n) is 9.23. The number of hydrogen-bond acceptors (Lipinski definition) is 3. The number of aryl methyl sites for hydroxylation is 1. The number of anilines is 1. The average Bonchev–Trinajstić information content (AvgIpc) is 3.21. The Morgan fingerprint density at radius 2 is 1.81 bits per heavy atom. The van der Waals surface area contributed by atoms with Crippen molar-refractivity contribution in [1.82, 2.24) is 4.90 Å². The Bertz CT molecular complexity index is 786. The monoisotopic (exact) mass is 347 g/mol. The van der Waals surface area contributed by atoms with E-state index in [1.54, 1.807) is 12.1 Å². The molecule has 1 aliphatic rings. The molecule has 134 valence electrons. The smallest absolute Gasteiger partial charge is 0.222 e. The van der Waals surface area contributed by atoms with E-state index in [0.717, 1.165) is 18.7 Å². The Hall–Kier alpha value is -2.80. The van der Waals surface area contributed by atoms with Crippen LogP contribution in [0.2, 0.25) is 0 Å². The number of para-hydroxylation sites is 1. The molecule has 2 aromatic carbocycles. The number of amides is 1. The fraction of sp³-hybridized carbons (Fsp3) is 0.364. The van der Waals surface area contributed by atoms with Gasteiger partial charge in [0.25, 0.3) is 0 Å². The largest absolute Gasteiger partial charge is 0.371 e. The second kappa shape index (κ2) is 8.53. The Balaban J connectivity index is 1.58. The highest BCUT2D eigenvalue weighted by molar-refractivity contribution is 5.76. The molecule has 0 unspecified atom stereocenters. The highest BCUT2D eigenvalue weighted by atomic mass is 16.2. The van der Waals surface area contributed by atoms with E-state index in [4.69, 9.17) is 5.26 Å². The summed E-state index contributed by atoms with van der Waals surface area (Å²) in [5, 5.41) is 8.85. The molecule has 2 aromatic rings. The van der Waals surface area contributed by atoms with Crippen molar-refractivity contribution in [2.24, 2.45) is 0 Å². The number of benzene rings is 2. The predicted octanol–water partition coefficient (Wildman–Crippen LogP) is 3.75. The maximum atomic E-state index is 12.5. The van der Waals surface area contributed by atoms with E-state index in [1.165, 1.54) is 24.1 Å². The Labute approximate surface area is 155 Å². The molecule has 1 heterocycles. The van der Waals surface area contributed by atoms with Crippen LogP contribution in [0.25, 0.3) is 0 Å². The SMILES string of the molecule is CN(Cc1ccccc1N1CCCC1)C(=O)CCc1ccc(C#N)cc1. The summed E-state index contributed by atoms with van der Waals surface area (Å²) in [5.74, 6) is 0.144. The van der Waals surface area contributed by atoms with Crippen LogP contribution in [-0.4, -0.2) is 30.9 Å². The molecular weight excluding hydrogens is 322 g/mol. The first kappa shape index (κ1) is 18.0. The maximum absolute atomic E-state index is 12.5. The van der Waals surface area contributed by atoms with Gasteiger partial charge in [0.05, 0.1) is 11.6 Å². The van der Waals surface area contributed by atoms with Gasteiger partial charge in [0, 0.05) is 38.8 Å². The van der Waals surface area contributed by atoms with Crippen molar-refractivity contribution in [3.8, 4) is 6.07 Å². The first-order valence-corrected chi connectivity index (χ1v) is 9.23. The molecular formula is C22H25N3O. The molecule has 0 radical (unpaired) electrons. The van der Waals surface area contributed by atoms with Gasteiger partial charge in [0.15, 0.2) is 0 Å². The zero-order valence-corrected chi connectivity index (χ0v) is 15.3. The standard InChI is InChI=1S/C22H25N3O/c1-24(22(26)13-12-18-8-10-19(16-23)11-9-18)17-20-6-2-3-7-21(20)25-14-4-5-15-25/h2-3,6-11H,4-5,12-15,17H2,1H3. The van der Waals surface area contributed by atoms with Crippen LogP contribution in [-0.2, 0) is 17.8 Å². The van der Waals surface area contributed by atoms with Gasteiger partial charge in [-0.3, -0.25) is 4.79 Å². The second-order valence-corrected chi connectivity index (χ2v) is 6.88. The molecule has 0 aliphatic carbocycles. The van der Waals surface area contributed by atoms with Crippen LogP contribution in [0.1, 0.15) is 36.0 Å². The summed E-state index contributed by atoms with van der Waals surface area (Å²) in [7, 11) is 1.88. The van der Waals surface area contributed by atoms with Crippen molar-refractivity contribution in [2.45, 2.75) is 32.2 Å². The Morgan fingerprint density at radius 1 is 1.12 bits per heavy atom. The van der Waals surface area contributed by atoms with Crippen molar-refractivity contribution in [2.75, 3.05) is 25.0 Å². The third kappa shape index (κ3) is 4.43. The summed E-state index contributed by atoms with van der Waals surface area (Å²) >= 11 is 0. The van der Waals surface area contributed by atoms with Gasteiger partial charge in [-0.2, -0.15) is 5.26 Å². The lowest BCUT2D eigenvalue weighted by molar-refractivity contribution is -0.130. The summed E-state index contributed by atoms with van der Waals surface area (Å²) < 4.78 is 0. The minimum Gasteiger partial charge on any atom is -0.371 e. The van der Waals surface area contributed by atoms with Gasteiger partial charge in [-0.25, -0.2) is 0 Å². The number of nitriles is 1. The Kier molecular flexibility index (Phi) is 5.91. The normalized spacial score (nSPS) is 13.5. The van der Waals surface area contributed by atoms with Crippen LogP contribution < -0.4 is 4.90 Å². The van der Waals surface area contributed by atoms with E-state index in [2.05, 4.69) is 29.2 Å². The summed E-state index contributed by atoms with van der Waals surface area (Å²) in [6, 6.07) is 18.0. The Morgan fingerprint density at radius 3 is 2.50 bits per heavy atom. The fourth-order valence-corrected chi connectivity index (χ4v) is 3.44. The van der Waals surface area contributed by atoms with Crippen molar-refractivity contribution < 1.29 is 4.79 Å². The van der Waals surface area contributed by atoms with Gasteiger partial charge < -0.3 is 9.80 Å². The van der Waals surface area contributed by atoms with Gasteiger partial charge in [-0.05, 0) is 48.6 Å². The molecule has 0 saturated carbocycles. The molecule has 0 atom stereocenters. The van der Waals surface area contributed by atoms with E-state index in [-0.39, 0.29) is 5.91 Å². The molecule has 26 heavy (non-hydrogen) atoms. The summed E-state index contributed by atoms with van der Waals surface area (Å²) in [6.45, 7) is 2.85. The number of rotatable bonds is 6. The number of hydrogen-bond donors (Lipinski definition) is 0. The lowest BCUT2D eigenvalue weighted by Crippen LogP contribution is -2.28. The molecule has 0 bridgehead atoms. The lowest BCUT2D eigenvalue weighted by atomic mass is 10.1. The van der Waals surface area contributed by atoms with Gasteiger partial charge in [-0.1, -0.05) is 30.3 Å². The van der Waals surface area contributed by atoms with E-state index in [1.807, 2.05) is 30.1 Å². The average molecular weight is 347 g/mol. The molecule has 4 heteroatoms. The number of carbonyl (C=O) groups is 1. The highest BCUT2D eigenvalue weighted by Crippen LogP contribution is 2.25. The van der Waals surface area contributed by atoms with Crippen molar-refractivity contribution in [3.05, 3.63) is 65.2 Å². The zero-order chi connectivity index (χ0) is 18.4. The molecule has 0 aromatic heterocycles. The summed E-state index contributed by atoms with van der Waals surface area (Å²) in [4.78, 5) is 16.8. The van der Waals surface area contributed by atoms with Crippen LogP contribution in [0.5, 0.6) is 0 Å². The molecule has 3 rings (SSSR count). The van der Waals surface area contributed by atoms with Crippen LogP contribution in [0, 0.1) is 11.3 Å². The lowest BCUT2D eigenvalue weighted by Gasteiger charge is -2.24. The minimum absolute atomic E-state index is 0.144. The van der Waals surface area contributed by atoms with Crippen LogP contribution in [0.4, 0.5) is 5.69 Å². The van der Waals surface area contributed by atoms with Crippen LogP contribution in [0.3, 0.4) is 0 Å². The van der Waals surface area contributed by atoms with Gasteiger partial charge in [0.2, 0.25) is 5.91 Å². The molecule has 1 aliphatic heterocycles. The first-order chi connectivity index (χ1) is 12.7. The topological polar surface area (TPSA) is 47.3 Å². The molecule has 1 fully saturated rings. The third-order valence-corrected chi connectivity index (χ3v) is 4.98. The quantitative estimate of drug-likeness (QED) is 0.799. The molecule has 1 saturated heterocycles. The maximum Gasteiger partial charge on any atom is 0.222 e. The van der Waals surface area contributed by atoms with E-state index >= 15 is 0 Å². The third-order valence-electron chi connectivity index (χ3n) is 4.98. The molecule has 0 N–H and O–H groups in total. The summed E-state index contributed by atoms with van der Waals surface area (Å²) in [6.07, 6.45) is 3.67. The number of carbonyl (C=O) groups excluding carboxylic acids is 1. The van der Waals surface area contributed by atoms with Gasteiger partial charge in [-0.15, -0.1) is 0 Å². The van der Waals surface area contributed by atoms with Gasteiger partial charge in [0.1, 0.15) is 0 Å². The van der Waals surface area contributed by atoms with Crippen molar-refractivity contribution in [3.63, 3.8) is 0 Å². The van der Waals surface area contributed by atoms with Crippen molar-refractivity contribution in [1.29, 1.82) is 5.26 Å². The molecule has 0 spiro atoms. The molecule has 1 amide bonds. The fourth-order valence-electron chi connectivity index (χ4n) is 3.44. The zero-order valence-electron chi connectivity index (χ0n) is 15.3. The predicted molar refractivity (Wildman–Crippen MR) is 104 cm³/mol. The number of nitrogens with zero attached hydrogens (tertiary/aromatic N) is 3. The minimum atomic E-state index is 0.144. The second-order valence-electron chi connectivity index (χ2n) is 6.88. The molecule has 4 nitrogen and oxygen atoms in total. The summed E-state index contributed by atoms with van der Waals surface area (Å²) in [5.41, 5.74) is 4.21. The van der Waals surface area contributed by atoms with E-state index in [9.17, 15) is 4.79 Å². The highest BCUT2D eigenvalue weighted by Gasteiger charge is 2.17. The van der Waals surface area contributed by atoms with E-state index < -0.39 is 0 Å².